The number of hydrogen-bond donors (Lipinski definition) is 2. The first kappa shape index (κ1) is 20.4. The van der Waals surface area contributed by atoms with Gasteiger partial charge >= 0.3 is 0 Å². The number of benzene rings is 2. The molecule has 5 heteroatoms. The number of pyridine rings is 1. The van der Waals surface area contributed by atoms with E-state index in [1.54, 1.807) is 12.4 Å². The first-order valence-corrected chi connectivity index (χ1v) is 9.96. The molecule has 0 fully saturated rings. The van der Waals surface area contributed by atoms with Crippen molar-refractivity contribution in [2.75, 3.05) is 28.6 Å². The van der Waals surface area contributed by atoms with E-state index < -0.39 is 0 Å². The Balaban J connectivity index is 1.72. The molecule has 1 amide bonds. The maximum Gasteiger partial charge on any atom is 0.257 e. The van der Waals surface area contributed by atoms with Gasteiger partial charge in [-0.2, -0.15) is 0 Å². The van der Waals surface area contributed by atoms with Crippen molar-refractivity contribution in [2.24, 2.45) is 0 Å². The number of hydrogen-bond acceptors (Lipinski definition) is 4. The molecule has 1 heterocycles. The van der Waals surface area contributed by atoms with E-state index in [0.29, 0.717) is 5.56 Å². The van der Waals surface area contributed by atoms with Crippen LogP contribution in [0.1, 0.15) is 35.3 Å². The van der Waals surface area contributed by atoms with Gasteiger partial charge in [-0.25, -0.2) is 0 Å². The van der Waals surface area contributed by atoms with Gasteiger partial charge in [-0.15, -0.1) is 0 Å². The molecule has 3 rings (SSSR count). The molecular weight excluding hydrogens is 360 g/mol. The summed E-state index contributed by atoms with van der Waals surface area (Å²) in [6.07, 6.45) is 3.29. The number of carbonyl (C=O) groups excluding carboxylic acids is 1. The van der Waals surface area contributed by atoms with Crippen LogP contribution in [0.15, 0.2) is 60.9 Å². The molecule has 0 saturated heterocycles. The first-order chi connectivity index (χ1) is 14.0. The second-order valence-corrected chi connectivity index (χ2v) is 7.01. The van der Waals surface area contributed by atoms with Crippen LogP contribution in [-0.2, 0) is 0 Å². The van der Waals surface area contributed by atoms with Gasteiger partial charge in [-0.1, -0.05) is 12.1 Å². The lowest BCUT2D eigenvalue weighted by Gasteiger charge is -2.21. The van der Waals surface area contributed by atoms with Crippen LogP contribution in [0.25, 0.3) is 0 Å². The zero-order chi connectivity index (χ0) is 20.8. The van der Waals surface area contributed by atoms with Crippen molar-refractivity contribution in [3.05, 3.63) is 77.6 Å². The molecule has 0 radical (unpaired) electrons. The molecule has 0 atom stereocenters. The van der Waals surface area contributed by atoms with E-state index in [-0.39, 0.29) is 5.91 Å². The monoisotopic (exact) mass is 388 g/mol. The zero-order valence-corrected chi connectivity index (χ0v) is 17.5. The molecule has 2 N–H and O–H groups in total. The van der Waals surface area contributed by atoms with Crippen LogP contribution < -0.4 is 15.5 Å². The molecule has 0 unspecified atom stereocenters. The Labute approximate surface area is 172 Å². The highest BCUT2D eigenvalue weighted by molar-refractivity contribution is 6.05. The predicted octanol–water partition coefficient (Wildman–Crippen LogP) is 5.54. The van der Waals surface area contributed by atoms with Gasteiger partial charge in [0.25, 0.3) is 5.91 Å². The third-order valence-electron chi connectivity index (χ3n) is 5.14. The number of rotatable bonds is 7. The van der Waals surface area contributed by atoms with E-state index in [1.165, 1.54) is 5.69 Å². The molecule has 3 aromatic rings. The van der Waals surface area contributed by atoms with Crippen LogP contribution in [0.2, 0.25) is 0 Å². The molecule has 0 aliphatic heterocycles. The number of anilines is 4. The van der Waals surface area contributed by atoms with Crippen molar-refractivity contribution in [2.45, 2.75) is 27.7 Å². The fourth-order valence-corrected chi connectivity index (χ4v) is 3.22. The van der Waals surface area contributed by atoms with Gasteiger partial charge in [0, 0.05) is 36.3 Å². The summed E-state index contributed by atoms with van der Waals surface area (Å²) < 4.78 is 0. The maximum atomic E-state index is 12.7. The number of aryl methyl sites for hydroxylation is 1. The fraction of sp³-hybridized carbons (Fsp3) is 0.250. The summed E-state index contributed by atoms with van der Waals surface area (Å²) in [5.41, 5.74) is 6.46. The number of amides is 1. The second kappa shape index (κ2) is 9.24. The summed E-state index contributed by atoms with van der Waals surface area (Å²) in [6.45, 7) is 10.3. The van der Waals surface area contributed by atoms with Gasteiger partial charge in [0.15, 0.2) is 0 Å². The quantitative estimate of drug-likeness (QED) is 0.558. The maximum absolute atomic E-state index is 12.7. The van der Waals surface area contributed by atoms with Gasteiger partial charge in [0.05, 0.1) is 17.4 Å². The molecule has 0 aliphatic rings. The molecule has 0 bridgehead atoms. The Hall–Kier alpha value is -3.34. The molecule has 0 aliphatic carbocycles. The molecule has 150 valence electrons. The van der Waals surface area contributed by atoms with Gasteiger partial charge in [-0.3, -0.25) is 9.78 Å². The fourth-order valence-electron chi connectivity index (χ4n) is 3.22. The largest absolute Gasteiger partial charge is 0.372 e. The van der Waals surface area contributed by atoms with Crippen LogP contribution in [-0.4, -0.2) is 24.0 Å². The van der Waals surface area contributed by atoms with Crippen molar-refractivity contribution in [1.82, 2.24) is 4.98 Å². The number of nitrogens with zero attached hydrogens (tertiary/aromatic N) is 2. The first-order valence-electron chi connectivity index (χ1n) is 9.96. The molecule has 5 nitrogen and oxygen atoms in total. The topological polar surface area (TPSA) is 57.3 Å². The van der Waals surface area contributed by atoms with E-state index in [2.05, 4.69) is 46.5 Å². The number of nitrogens with one attached hydrogen (secondary N) is 2. The summed E-state index contributed by atoms with van der Waals surface area (Å²) in [6, 6.07) is 16.0. The minimum absolute atomic E-state index is 0.174. The molecule has 0 saturated carbocycles. The zero-order valence-electron chi connectivity index (χ0n) is 17.5. The van der Waals surface area contributed by atoms with E-state index >= 15 is 0 Å². The van der Waals surface area contributed by atoms with Crippen LogP contribution in [0.3, 0.4) is 0 Å². The standard InChI is InChI=1S/C24H28N4O/c1-5-28(6-2)22-12-10-20(11-13-22)26-21-14-19(15-25-16-21)24(29)27-23-9-7-8-17(3)18(23)4/h7-16,26H,5-6H2,1-4H3,(H,27,29). The lowest BCUT2D eigenvalue weighted by molar-refractivity contribution is 0.102. The molecule has 1 aromatic heterocycles. The van der Waals surface area contributed by atoms with E-state index in [1.807, 2.05) is 50.2 Å². The normalized spacial score (nSPS) is 10.5. The lowest BCUT2D eigenvalue weighted by Crippen LogP contribution is -2.21. The van der Waals surface area contributed by atoms with E-state index in [0.717, 1.165) is 41.3 Å². The minimum atomic E-state index is -0.174. The lowest BCUT2D eigenvalue weighted by atomic mass is 10.1. The Bertz CT molecular complexity index is 978. The number of carbonyl (C=O) groups is 1. The van der Waals surface area contributed by atoms with E-state index in [4.69, 9.17) is 0 Å². The molecular formula is C24H28N4O. The van der Waals surface area contributed by atoms with Crippen LogP contribution in [0, 0.1) is 13.8 Å². The van der Waals surface area contributed by atoms with Crippen molar-refractivity contribution in [1.29, 1.82) is 0 Å². The van der Waals surface area contributed by atoms with Gasteiger partial charge < -0.3 is 15.5 Å². The van der Waals surface area contributed by atoms with E-state index in [9.17, 15) is 4.79 Å². The van der Waals surface area contributed by atoms with Crippen LogP contribution in [0.4, 0.5) is 22.7 Å². The Morgan fingerprint density at radius 3 is 2.38 bits per heavy atom. The van der Waals surface area contributed by atoms with Crippen molar-refractivity contribution in [3.8, 4) is 0 Å². The summed E-state index contributed by atoms with van der Waals surface area (Å²) in [5.74, 6) is -0.174. The highest BCUT2D eigenvalue weighted by Crippen LogP contribution is 2.22. The SMILES string of the molecule is CCN(CC)c1ccc(Nc2cncc(C(=O)Nc3cccc(C)c3C)c2)cc1. The number of aromatic nitrogens is 1. The Morgan fingerprint density at radius 2 is 1.69 bits per heavy atom. The Kier molecular flexibility index (Phi) is 6.50. The second-order valence-electron chi connectivity index (χ2n) is 7.01. The van der Waals surface area contributed by atoms with Crippen molar-refractivity contribution < 1.29 is 4.79 Å². The van der Waals surface area contributed by atoms with Crippen LogP contribution in [0.5, 0.6) is 0 Å². The minimum Gasteiger partial charge on any atom is -0.372 e. The average Bonchev–Trinajstić information content (AvgIpc) is 2.74. The highest BCUT2D eigenvalue weighted by Gasteiger charge is 2.10. The molecule has 0 spiro atoms. The summed E-state index contributed by atoms with van der Waals surface area (Å²) in [4.78, 5) is 19.2. The average molecular weight is 389 g/mol. The van der Waals surface area contributed by atoms with Gasteiger partial charge in [0.2, 0.25) is 0 Å². The summed E-state index contributed by atoms with van der Waals surface area (Å²) in [5, 5.41) is 6.30. The van der Waals surface area contributed by atoms with Crippen LogP contribution >= 0.6 is 0 Å². The highest BCUT2D eigenvalue weighted by atomic mass is 16.1. The summed E-state index contributed by atoms with van der Waals surface area (Å²) >= 11 is 0. The molecule has 29 heavy (non-hydrogen) atoms. The smallest absolute Gasteiger partial charge is 0.257 e. The van der Waals surface area contributed by atoms with Gasteiger partial charge in [0.1, 0.15) is 0 Å². The van der Waals surface area contributed by atoms with Crippen molar-refractivity contribution >= 4 is 28.7 Å². The third kappa shape index (κ3) is 4.93. The third-order valence-corrected chi connectivity index (χ3v) is 5.14. The van der Waals surface area contributed by atoms with Crippen molar-refractivity contribution in [3.63, 3.8) is 0 Å². The molecule has 2 aromatic carbocycles. The predicted molar refractivity (Wildman–Crippen MR) is 121 cm³/mol. The summed E-state index contributed by atoms with van der Waals surface area (Å²) in [7, 11) is 0. The van der Waals surface area contributed by atoms with Gasteiger partial charge in [-0.05, 0) is 75.2 Å². The Morgan fingerprint density at radius 1 is 0.966 bits per heavy atom.